The Morgan fingerprint density at radius 1 is 1.33 bits per heavy atom. The molecular formula is C11H13N7. The van der Waals surface area contributed by atoms with Crippen molar-refractivity contribution in [3.05, 3.63) is 36.3 Å². The molecule has 0 aromatic carbocycles. The summed E-state index contributed by atoms with van der Waals surface area (Å²) >= 11 is 0. The Morgan fingerprint density at radius 2 is 2.28 bits per heavy atom. The number of hydrogen-bond acceptors (Lipinski definition) is 5. The molecule has 0 aliphatic heterocycles. The van der Waals surface area contributed by atoms with Gasteiger partial charge in [0.15, 0.2) is 5.65 Å². The zero-order chi connectivity index (χ0) is 12.4. The van der Waals surface area contributed by atoms with Crippen LogP contribution in [0.2, 0.25) is 0 Å². The van der Waals surface area contributed by atoms with E-state index >= 15 is 0 Å². The average Bonchev–Trinajstić information content (AvgIpc) is 2.97. The van der Waals surface area contributed by atoms with Gasteiger partial charge in [-0.25, -0.2) is 4.52 Å². The number of nitrogens with zero attached hydrogens (tertiary/aromatic N) is 6. The van der Waals surface area contributed by atoms with Gasteiger partial charge in [0.2, 0.25) is 5.95 Å². The van der Waals surface area contributed by atoms with Gasteiger partial charge in [-0.1, -0.05) is 5.21 Å². The first-order chi connectivity index (χ1) is 8.81. The molecule has 0 spiro atoms. The van der Waals surface area contributed by atoms with Crippen molar-refractivity contribution in [3.8, 4) is 0 Å². The number of rotatable bonds is 4. The topological polar surface area (TPSA) is 72.9 Å². The summed E-state index contributed by atoms with van der Waals surface area (Å²) in [6, 6.07) is 4.00. The number of fused-ring (bicyclic) bond motifs is 1. The summed E-state index contributed by atoms with van der Waals surface area (Å²) < 4.78 is 3.51. The summed E-state index contributed by atoms with van der Waals surface area (Å²) in [5.74, 6) is 0.626. The molecule has 0 atom stereocenters. The quantitative estimate of drug-likeness (QED) is 0.731. The van der Waals surface area contributed by atoms with Gasteiger partial charge in [-0.2, -0.15) is 4.98 Å². The number of aryl methyl sites for hydroxylation is 1. The normalized spacial score (nSPS) is 10.9. The van der Waals surface area contributed by atoms with Crippen LogP contribution in [0.3, 0.4) is 0 Å². The maximum Gasteiger partial charge on any atom is 0.243 e. The SMILES string of the molecule is Cc1ccn2nc(NCCn3ccnn3)nc2c1. The van der Waals surface area contributed by atoms with Gasteiger partial charge in [-0.3, -0.25) is 4.68 Å². The molecular weight excluding hydrogens is 230 g/mol. The Hall–Kier alpha value is -2.44. The molecule has 0 saturated heterocycles. The molecule has 3 heterocycles. The van der Waals surface area contributed by atoms with Crippen LogP contribution < -0.4 is 5.32 Å². The number of hydrogen-bond donors (Lipinski definition) is 1. The van der Waals surface area contributed by atoms with E-state index in [1.807, 2.05) is 31.5 Å². The van der Waals surface area contributed by atoms with Crippen LogP contribution in [-0.4, -0.2) is 36.1 Å². The number of anilines is 1. The second-order valence-corrected chi connectivity index (χ2v) is 4.04. The average molecular weight is 243 g/mol. The lowest BCUT2D eigenvalue weighted by molar-refractivity contribution is 0.607. The van der Waals surface area contributed by atoms with Gasteiger partial charge in [-0.05, 0) is 24.6 Å². The third kappa shape index (κ3) is 2.15. The van der Waals surface area contributed by atoms with E-state index in [-0.39, 0.29) is 0 Å². The summed E-state index contributed by atoms with van der Waals surface area (Å²) in [6.45, 7) is 3.47. The molecule has 7 nitrogen and oxygen atoms in total. The first-order valence-electron chi connectivity index (χ1n) is 5.72. The van der Waals surface area contributed by atoms with Gasteiger partial charge in [0, 0.05) is 18.9 Å². The maximum absolute atomic E-state index is 4.39. The smallest absolute Gasteiger partial charge is 0.243 e. The number of nitrogens with one attached hydrogen (secondary N) is 1. The van der Waals surface area contributed by atoms with Crippen molar-refractivity contribution in [2.75, 3.05) is 11.9 Å². The van der Waals surface area contributed by atoms with Crippen molar-refractivity contribution in [3.63, 3.8) is 0 Å². The van der Waals surface area contributed by atoms with Crippen LogP contribution in [0.25, 0.3) is 5.65 Å². The highest BCUT2D eigenvalue weighted by atomic mass is 15.4. The number of pyridine rings is 1. The van der Waals surface area contributed by atoms with Gasteiger partial charge in [0.05, 0.1) is 12.7 Å². The van der Waals surface area contributed by atoms with Crippen molar-refractivity contribution in [1.82, 2.24) is 29.6 Å². The Morgan fingerprint density at radius 3 is 3.11 bits per heavy atom. The Balaban J connectivity index is 1.67. The van der Waals surface area contributed by atoms with E-state index in [1.165, 1.54) is 5.56 Å². The minimum atomic E-state index is 0.626. The fourth-order valence-electron chi connectivity index (χ4n) is 1.69. The zero-order valence-corrected chi connectivity index (χ0v) is 9.98. The van der Waals surface area contributed by atoms with E-state index in [1.54, 1.807) is 15.4 Å². The molecule has 92 valence electrons. The molecule has 0 aliphatic carbocycles. The van der Waals surface area contributed by atoms with Crippen LogP contribution in [0.4, 0.5) is 5.95 Å². The standard InChI is InChI=1S/C11H13N7/c1-9-2-5-18-10(8-9)14-11(15-18)12-3-6-17-7-4-13-16-17/h2,4-5,7-8H,3,6H2,1H3,(H,12,15). The Bertz CT molecular complexity index is 641. The van der Waals surface area contributed by atoms with Gasteiger partial charge < -0.3 is 5.32 Å². The molecule has 0 radical (unpaired) electrons. The van der Waals surface area contributed by atoms with E-state index in [2.05, 4.69) is 25.7 Å². The van der Waals surface area contributed by atoms with E-state index in [0.717, 1.165) is 12.2 Å². The predicted octanol–water partition coefficient (Wildman–Crippen LogP) is 0.741. The molecule has 0 aliphatic rings. The van der Waals surface area contributed by atoms with Crippen LogP contribution in [0.1, 0.15) is 5.56 Å². The Kier molecular flexibility index (Phi) is 2.64. The monoisotopic (exact) mass is 243 g/mol. The molecule has 1 N–H and O–H groups in total. The van der Waals surface area contributed by atoms with Gasteiger partial charge in [-0.15, -0.1) is 10.2 Å². The highest BCUT2D eigenvalue weighted by Crippen LogP contribution is 2.07. The van der Waals surface area contributed by atoms with E-state index in [9.17, 15) is 0 Å². The lowest BCUT2D eigenvalue weighted by atomic mass is 10.3. The second kappa shape index (κ2) is 4.44. The molecule has 0 fully saturated rings. The van der Waals surface area contributed by atoms with Gasteiger partial charge in [0.25, 0.3) is 0 Å². The van der Waals surface area contributed by atoms with Crippen LogP contribution in [-0.2, 0) is 6.54 Å². The van der Waals surface area contributed by atoms with E-state index < -0.39 is 0 Å². The molecule has 3 aromatic rings. The molecule has 0 amide bonds. The third-order valence-electron chi connectivity index (χ3n) is 2.59. The summed E-state index contributed by atoms with van der Waals surface area (Å²) in [6.07, 6.45) is 5.38. The van der Waals surface area contributed by atoms with Crippen LogP contribution in [0.15, 0.2) is 30.7 Å². The molecule has 18 heavy (non-hydrogen) atoms. The summed E-state index contributed by atoms with van der Waals surface area (Å²) in [5, 5.41) is 15.1. The highest BCUT2D eigenvalue weighted by molar-refractivity contribution is 5.45. The molecule has 0 unspecified atom stereocenters. The summed E-state index contributed by atoms with van der Waals surface area (Å²) in [4.78, 5) is 4.39. The lowest BCUT2D eigenvalue weighted by Crippen LogP contribution is -2.11. The zero-order valence-electron chi connectivity index (χ0n) is 9.98. The molecule has 3 aromatic heterocycles. The number of aromatic nitrogens is 6. The van der Waals surface area contributed by atoms with E-state index in [4.69, 9.17) is 0 Å². The first kappa shape index (κ1) is 10.7. The maximum atomic E-state index is 4.39. The minimum Gasteiger partial charge on any atom is -0.351 e. The van der Waals surface area contributed by atoms with Crippen LogP contribution >= 0.6 is 0 Å². The third-order valence-corrected chi connectivity index (χ3v) is 2.59. The van der Waals surface area contributed by atoms with Crippen molar-refractivity contribution >= 4 is 11.6 Å². The Labute approximate surface area is 103 Å². The molecule has 7 heteroatoms. The first-order valence-corrected chi connectivity index (χ1v) is 5.72. The van der Waals surface area contributed by atoms with Gasteiger partial charge in [0.1, 0.15) is 0 Å². The van der Waals surface area contributed by atoms with Crippen molar-refractivity contribution < 1.29 is 0 Å². The summed E-state index contributed by atoms with van der Waals surface area (Å²) in [5.41, 5.74) is 2.02. The minimum absolute atomic E-state index is 0.626. The molecule has 0 bridgehead atoms. The van der Waals surface area contributed by atoms with Crippen LogP contribution in [0.5, 0.6) is 0 Å². The summed E-state index contributed by atoms with van der Waals surface area (Å²) in [7, 11) is 0. The van der Waals surface area contributed by atoms with Crippen molar-refractivity contribution in [2.24, 2.45) is 0 Å². The van der Waals surface area contributed by atoms with E-state index in [0.29, 0.717) is 12.5 Å². The lowest BCUT2D eigenvalue weighted by Gasteiger charge is -2.00. The highest BCUT2D eigenvalue weighted by Gasteiger charge is 2.02. The molecule has 0 saturated carbocycles. The van der Waals surface area contributed by atoms with Crippen LogP contribution in [0, 0.1) is 6.92 Å². The van der Waals surface area contributed by atoms with Crippen molar-refractivity contribution in [2.45, 2.75) is 13.5 Å². The fourth-order valence-corrected chi connectivity index (χ4v) is 1.69. The largest absolute Gasteiger partial charge is 0.351 e. The fraction of sp³-hybridized carbons (Fsp3) is 0.273. The molecule has 3 rings (SSSR count). The predicted molar refractivity (Wildman–Crippen MR) is 66.2 cm³/mol. The van der Waals surface area contributed by atoms with Gasteiger partial charge >= 0.3 is 0 Å². The second-order valence-electron chi connectivity index (χ2n) is 4.04. The van der Waals surface area contributed by atoms with Crippen molar-refractivity contribution in [1.29, 1.82) is 0 Å².